The molecule has 0 radical (unpaired) electrons. The quantitative estimate of drug-likeness (QED) is 0.579. The Morgan fingerprint density at radius 1 is 1.17 bits per heavy atom. The van der Waals surface area contributed by atoms with Gasteiger partial charge in [-0.25, -0.2) is 4.39 Å². The zero-order valence-corrected chi connectivity index (χ0v) is 10.6. The Bertz CT molecular complexity index is 424. The molecule has 0 atom stereocenters. The summed E-state index contributed by atoms with van der Waals surface area (Å²) >= 11 is 0. The Morgan fingerprint density at radius 3 is 2.22 bits per heavy atom. The predicted molar refractivity (Wildman–Crippen MR) is 70.6 cm³/mol. The predicted octanol–water partition coefficient (Wildman–Crippen LogP) is 3.38. The molecule has 0 aliphatic rings. The van der Waals surface area contributed by atoms with E-state index >= 15 is 0 Å². The Kier molecular flexibility index (Phi) is 5.35. The summed E-state index contributed by atoms with van der Waals surface area (Å²) in [5.41, 5.74) is 0.408. The zero-order valence-electron chi connectivity index (χ0n) is 10.6. The van der Waals surface area contributed by atoms with Crippen molar-refractivity contribution in [3.05, 3.63) is 28.1 Å². The molecule has 0 saturated carbocycles. The molecule has 100 valence electrons. The summed E-state index contributed by atoms with van der Waals surface area (Å²) in [6, 6.07) is 2.41. The lowest BCUT2D eigenvalue weighted by Gasteiger charge is -2.11. The molecule has 0 aliphatic carbocycles. The molecular formula is C12H18FN3O2. The van der Waals surface area contributed by atoms with Crippen molar-refractivity contribution in [2.24, 2.45) is 0 Å². The highest BCUT2D eigenvalue weighted by Crippen LogP contribution is 2.30. The fourth-order valence-electron chi connectivity index (χ4n) is 1.51. The molecule has 0 aromatic heterocycles. The van der Waals surface area contributed by atoms with Crippen LogP contribution in [0.1, 0.15) is 26.7 Å². The molecule has 0 amide bonds. The van der Waals surface area contributed by atoms with Gasteiger partial charge in [-0.3, -0.25) is 10.1 Å². The van der Waals surface area contributed by atoms with E-state index in [4.69, 9.17) is 0 Å². The van der Waals surface area contributed by atoms with Crippen LogP contribution in [0.25, 0.3) is 0 Å². The molecule has 0 bridgehead atoms. The van der Waals surface area contributed by atoms with Gasteiger partial charge in [0.2, 0.25) is 0 Å². The molecule has 0 fully saturated rings. The van der Waals surface area contributed by atoms with E-state index in [-0.39, 0.29) is 5.69 Å². The van der Waals surface area contributed by atoms with Gasteiger partial charge < -0.3 is 10.6 Å². The maximum Gasteiger partial charge on any atom is 0.295 e. The number of nitrogens with zero attached hydrogens (tertiary/aromatic N) is 1. The summed E-state index contributed by atoms with van der Waals surface area (Å²) in [5, 5.41) is 16.7. The number of anilines is 2. The highest BCUT2D eigenvalue weighted by molar-refractivity contribution is 5.69. The summed E-state index contributed by atoms with van der Waals surface area (Å²) in [6.45, 7) is 5.16. The van der Waals surface area contributed by atoms with E-state index in [0.717, 1.165) is 18.9 Å². The van der Waals surface area contributed by atoms with Crippen molar-refractivity contribution in [1.29, 1.82) is 0 Å². The van der Waals surface area contributed by atoms with Gasteiger partial charge in [-0.05, 0) is 18.9 Å². The summed E-state index contributed by atoms with van der Waals surface area (Å²) < 4.78 is 13.6. The lowest BCUT2D eigenvalue weighted by Crippen LogP contribution is -2.07. The van der Waals surface area contributed by atoms with Crippen LogP contribution in [0.3, 0.4) is 0 Å². The minimum Gasteiger partial charge on any atom is -0.383 e. The van der Waals surface area contributed by atoms with E-state index in [1.54, 1.807) is 0 Å². The number of halogens is 1. The Labute approximate surface area is 106 Å². The average Bonchev–Trinajstić information content (AvgIpc) is 2.35. The normalized spacial score (nSPS) is 10.2. The molecule has 2 N–H and O–H groups in total. The first-order valence-corrected chi connectivity index (χ1v) is 6.05. The van der Waals surface area contributed by atoms with Gasteiger partial charge >= 0.3 is 0 Å². The van der Waals surface area contributed by atoms with Gasteiger partial charge in [-0.2, -0.15) is 0 Å². The minimum absolute atomic E-state index is 0.233. The third-order valence-corrected chi connectivity index (χ3v) is 2.41. The molecule has 0 spiro atoms. The SMILES string of the molecule is CCCNc1cc(NCCC)c([N+](=O)[O-])cc1F. The minimum atomic E-state index is -0.600. The zero-order chi connectivity index (χ0) is 13.5. The summed E-state index contributed by atoms with van der Waals surface area (Å²) in [5.74, 6) is -0.600. The van der Waals surface area contributed by atoms with Crippen molar-refractivity contribution in [2.45, 2.75) is 26.7 Å². The van der Waals surface area contributed by atoms with E-state index < -0.39 is 10.7 Å². The number of benzene rings is 1. The van der Waals surface area contributed by atoms with Crippen molar-refractivity contribution in [3.8, 4) is 0 Å². The van der Waals surface area contributed by atoms with E-state index in [0.29, 0.717) is 24.5 Å². The number of hydrogen-bond acceptors (Lipinski definition) is 4. The second kappa shape index (κ2) is 6.78. The fraction of sp³-hybridized carbons (Fsp3) is 0.500. The number of hydrogen-bond donors (Lipinski definition) is 2. The first-order valence-electron chi connectivity index (χ1n) is 6.05. The van der Waals surface area contributed by atoms with Gasteiger partial charge in [0.25, 0.3) is 5.69 Å². The largest absolute Gasteiger partial charge is 0.383 e. The maximum absolute atomic E-state index is 13.6. The van der Waals surface area contributed by atoms with Crippen molar-refractivity contribution in [2.75, 3.05) is 23.7 Å². The molecule has 18 heavy (non-hydrogen) atoms. The van der Waals surface area contributed by atoms with Crippen LogP contribution in [-0.2, 0) is 0 Å². The fourth-order valence-corrected chi connectivity index (χ4v) is 1.51. The smallest absolute Gasteiger partial charge is 0.295 e. The Morgan fingerprint density at radius 2 is 1.72 bits per heavy atom. The van der Waals surface area contributed by atoms with Gasteiger partial charge in [0.1, 0.15) is 5.69 Å². The molecule has 5 nitrogen and oxygen atoms in total. The van der Waals surface area contributed by atoms with E-state index in [2.05, 4.69) is 10.6 Å². The Balaban J connectivity index is 3.05. The third-order valence-electron chi connectivity index (χ3n) is 2.41. The standard InChI is InChI=1S/C12H18FN3O2/c1-3-5-14-10-8-11(15-6-4-2)12(16(17)18)7-9(10)13/h7-8,14-15H,3-6H2,1-2H3. The summed E-state index contributed by atoms with van der Waals surface area (Å²) in [7, 11) is 0. The van der Waals surface area contributed by atoms with Crippen LogP contribution >= 0.6 is 0 Å². The van der Waals surface area contributed by atoms with Crippen LogP contribution in [0.5, 0.6) is 0 Å². The maximum atomic E-state index is 13.6. The second-order valence-electron chi connectivity index (χ2n) is 3.96. The molecular weight excluding hydrogens is 237 g/mol. The molecule has 0 unspecified atom stereocenters. The average molecular weight is 255 g/mol. The van der Waals surface area contributed by atoms with Crippen LogP contribution < -0.4 is 10.6 Å². The van der Waals surface area contributed by atoms with Crippen LogP contribution in [0.2, 0.25) is 0 Å². The number of nitrogens with one attached hydrogen (secondary N) is 2. The monoisotopic (exact) mass is 255 g/mol. The van der Waals surface area contributed by atoms with Gasteiger partial charge in [0.15, 0.2) is 5.82 Å². The number of rotatable bonds is 7. The lowest BCUT2D eigenvalue weighted by molar-refractivity contribution is -0.384. The van der Waals surface area contributed by atoms with Crippen molar-refractivity contribution in [3.63, 3.8) is 0 Å². The third kappa shape index (κ3) is 3.58. The van der Waals surface area contributed by atoms with Crippen molar-refractivity contribution in [1.82, 2.24) is 0 Å². The molecule has 0 saturated heterocycles. The first-order chi connectivity index (χ1) is 8.60. The van der Waals surface area contributed by atoms with E-state index in [1.165, 1.54) is 6.07 Å². The number of nitro groups is 1. The lowest BCUT2D eigenvalue weighted by atomic mass is 10.2. The first kappa shape index (κ1) is 14.2. The van der Waals surface area contributed by atoms with Gasteiger partial charge in [0.05, 0.1) is 16.7 Å². The molecule has 1 aromatic rings. The van der Waals surface area contributed by atoms with Gasteiger partial charge in [-0.15, -0.1) is 0 Å². The summed E-state index contributed by atoms with van der Waals surface area (Å²) in [4.78, 5) is 10.3. The van der Waals surface area contributed by atoms with Crippen LogP contribution in [0.15, 0.2) is 12.1 Å². The highest BCUT2D eigenvalue weighted by Gasteiger charge is 2.17. The molecule has 0 heterocycles. The molecule has 1 aromatic carbocycles. The van der Waals surface area contributed by atoms with Crippen LogP contribution in [0, 0.1) is 15.9 Å². The molecule has 1 rings (SSSR count). The van der Waals surface area contributed by atoms with Crippen LogP contribution in [-0.4, -0.2) is 18.0 Å². The number of nitro benzene ring substituents is 1. The van der Waals surface area contributed by atoms with E-state index in [9.17, 15) is 14.5 Å². The van der Waals surface area contributed by atoms with E-state index in [1.807, 2.05) is 13.8 Å². The molecule has 6 heteroatoms. The Hall–Kier alpha value is -1.85. The molecule has 0 aliphatic heterocycles. The van der Waals surface area contributed by atoms with Crippen molar-refractivity contribution < 1.29 is 9.31 Å². The summed E-state index contributed by atoms with van der Waals surface area (Å²) in [6.07, 6.45) is 1.69. The highest BCUT2D eigenvalue weighted by atomic mass is 19.1. The van der Waals surface area contributed by atoms with Gasteiger partial charge in [0, 0.05) is 13.1 Å². The second-order valence-corrected chi connectivity index (χ2v) is 3.96. The van der Waals surface area contributed by atoms with Crippen molar-refractivity contribution >= 4 is 17.1 Å². The van der Waals surface area contributed by atoms with Crippen LogP contribution in [0.4, 0.5) is 21.5 Å². The van der Waals surface area contributed by atoms with Gasteiger partial charge in [-0.1, -0.05) is 13.8 Å². The topological polar surface area (TPSA) is 67.2 Å².